The molecule has 0 atom stereocenters. The van der Waals surface area contributed by atoms with E-state index in [2.05, 4.69) is 6.58 Å². The van der Waals surface area contributed by atoms with Crippen LogP contribution in [0.15, 0.2) is 12.7 Å². The SMILES string of the molecule is C=C(F)F.[Cl-].[Na+]. The van der Waals surface area contributed by atoms with Gasteiger partial charge in [-0.05, 0) is 6.58 Å². The van der Waals surface area contributed by atoms with Gasteiger partial charge in [0.05, 0.1) is 0 Å². The van der Waals surface area contributed by atoms with Crippen molar-refractivity contribution in [2.24, 2.45) is 0 Å². The van der Waals surface area contributed by atoms with E-state index in [0.29, 0.717) is 0 Å². The summed E-state index contributed by atoms with van der Waals surface area (Å²) in [6.07, 6.45) is -1.83. The van der Waals surface area contributed by atoms with E-state index in [1.807, 2.05) is 0 Å². The van der Waals surface area contributed by atoms with Gasteiger partial charge >= 0.3 is 29.6 Å². The van der Waals surface area contributed by atoms with Crippen LogP contribution in [0.25, 0.3) is 0 Å². The molecule has 0 aromatic carbocycles. The van der Waals surface area contributed by atoms with Crippen LogP contribution in [-0.4, -0.2) is 0 Å². The largest absolute Gasteiger partial charge is 1.00 e. The third kappa shape index (κ3) is 93.4. The molecule has 0 aliphatic carbocycles. The van der Waals surface area contributed by atoms with Gasteiger partial charge in [-0.15, -0.1) is 0 Å². The quantitative estimate of drug-likeness (QED) is 0.284. The molecular formula is C2H2ClF2Na. The summed E-state index contributed by atoms with van der Waals surface area (Å²) >= 11 is 0. The molecule has 0 N–H and O–H groups in total. The Morgan fingerprint density at radius 1 is 1.33 bits per heavy atom. The summed E-state index contributed by atoms with van der Waals surface area (Å²) in [6, 6.07) is 0. The molecule has 0 saturated carbocycles. The molecule has 0 aromatic heterocycles. The minimum atomic E-state index is -1.83. The fourth-order valence-corrected chi connectivity index (χ4v) is 0. The van der Waals surface area contributed by atoms with Crippen LogP contribution in [0.4, 0.5) is 8.78 Å². The van der Waals surface area contributed by atoms with Crippen LogP contribution in [0, 0.1) is 0 Å². The second-order valence-corrected chi connectivity index (χ2v) is 0.339. The summed E-state index contributed by atoms with van der Waals surface area (Å²) < 4.78 is 20.3. The van der Waals surface area contributed by atoms with Crippen LogP contribution in [0.5, 0.6) is 0 Å². The van der Waals surface area contributed by atoms with Gasteiger partial charge in [-0.1, -0.05) is 0 Å². The molecule has 4 heteroatoms. The fraction of sp³-hybridized carbons (Fsp3) is 0. The van der Waals surface area contributed by atoms with Crippen molar-refractivity contribution in [1.82, 2.24) is 0 Å². The Labute approximate surface area is 63.3 Å². The second-order valence-electron chi connectivity index (χ2n) is 0.339. The summed E-state index contributed by atoms with van der Waals surface area (Å²) in [5.74, 6) is 0. The smallest absolute Gasteiger partial charge is 1.00 e. The summed E-state index contributed by atoms with van der Waals surface area (Å²) in [5, 5.41) is 0. The Balaban J connectivity index is -0.0000000450. The Bertz CT molecular complexity index is 34.5. The van der Waals surface area contributed by atoms with Crippen molar-refractivity contribution in [3.63, 3.8) is 0 Å². The third-order valence-electron chi connectivity index (χ3n) is 0. The van der Waals surface area contributed by atoms with E-state index in [9.17, 15) is 8.78 Å². The van der Waals surface area contributed by atoms with Crippen molar-refractivity contribution in [1.29, 1.82) is 0 Å². The molecule has 0 fully saturated rings. The molecule has 32 valence electrons. The average Bonchev–Trinajstić information content (AvgIpc) is 0.811. The normalized spacial score (nSPS) is 4.33. The van der Waals surface area contributed by atoms with Crippen LogP contribution in [0.2, 0.25) is 0 Å². The summed E-state index contributed by atoms with van der Waals surface area (Å²) in [4.78, 5) is 0. The van der Waals surface area contributed by atoms with Crippen LogP contribution in [0.3, 0.4) is 0 Å². The number of rotatable bonds is 0. The summed E-state index contributed by atoms with van der Waals surface area (Å²) in [7, 11) is 0. The summed E-state index contributed by atoms with van der Waals surface area (Å²) in [5.41, 5.74) is 0. The maximum Gasteiger partial charge on any atom is 1.00 e. The van der Waals surface area contributed by atoms with E-state index in [1.54, 1.807) is 0 Å². The average molecular weight is 122 g/mol. The van der Waals surface area contributed by atoms with E-state index in [1.165, 1.54) is 0 Å². The second kappa shape index (κ2) is 9.31. The van der Waals surface area contributed by atoms with Gasteiger partial charge in [0.2, 0.25) is 0 Å². The first-order valence-electron chi connectivity index (χ1n) is 0.732. The van der Waals surface area contributed by atoms with Crippen LogP contribution in [-0.2, 0) is 0 Å². The van der Waals surface area contributed by atoms with Crippen molar-refractivity contribution in [2.45, 2.75) is 0 Å². The van der Waals surface area contributed by atoms with Crippen LogP contribution < -0.4 is 42.0 Å². The molecule has 0 heterocycles. The Kier molecular flexibility index (Phi) is 24.5. The van der Waals surface area contributed by atoms with Crippen LogP contribution in [0.1, 0.15) is 0 Å². The number of hydrogen-bond acceptors (Lipinski definition) is 0. The monoisotopic (exact) mass is 122 g/mol. The van der Waals surface area contributed by atoms with Crippen LogP contribution >= 0.6 is 0 Å². The standard InChI is InChI=1S/C2H2F2.ClH.Na/c1-2(3)4;;/h1H2;1H;/q;;+1/p-1. The molecule has 0 unspecified atom stereocenters. The minimum absolute atomic E-state index is 0. The zero-order valence-electron chi connectivity index (χ0n) is 3.34. The molecule has 0 nitrogen and oxygen atoms in total. The number of hydrogen-bond donors (Lipinski definition) is 0. The predicted octanol–water partition coefficient (Wildman–Crippen LogP) is -4.60. The van der Waals surface area contributed by atoms with E-state index in [-0.39, 0.29) is 42.0 Å². The van der Waals surface area contributed by atoms with E-state index < -0.39 is 6.08 Å². The van der Waals surface area contributed by atoms with E-state index >= 15 is 0 Å². The zero-order valence-corrected chi connectivity index (χ0v) is 6.10. The minimum Gasteiger partial charge on any atom is -1.00 e. The van der Waals surface area contributed by atoms with Gasteiger partial charge in [0, 0.05) is 0 Å². The molecule has 0 saturated heterocycles. The van der Waals surface area contributed by atoms with E-state index in [0.717, 1.165) is 0 Å². The molecule has 0 rings (SSSR count). The Hall–Kier alpha value is 0.890. The molecule has 0 aliphatic heterocycles. The maximum atomic E-state index is 10.1. The summed E-state index contributed by atoms with van der Waals surface area (Å²) in [6.45, 7) is 2.22. The third-order valence-corrected chi connectivity index (χ3v) is 0. The topological polar surface area (TPSA) is 0 Å². The van der Waals surface area contributed by atoms with Gasteiger partial charge in [0.1, 0.15) is 0 Å². The van der Waals surface area contributed by atoms with Crippen molar-refractivity contribution >= 4 is 0 Å². The number of halogens is 3. The van der Waals surface area contributed by atoms with Crippen molar-refractivity contribution in [3.05, 3.63) is 12.7 Å². The Morgan fingerprint density at radius 2 is 1.33 bits per heavy atom. The zero-order chi connectivity index (χ0) is 3.58. The maximum absolute atomic E-state index is 10.1. The molecular weight excluding hydrogens is 120 g/mol. The molecule has 0 aromatic rings. The molecule has 0 aliphatic rings. The Morgan fingerprint density at radius 3 is 1.33 bits per heavy atom. The predicted molar refractivity (Wildman–Crippen MR) is 11.4 cm³/mol. The molecule has 6 heavy (non-hydrogen) atoms. The van der Waals surface area contributed by atoms with Crippen molar-refractivity contribution in [2.75, 3.05) is 0 Å². The van der Waals surface area contributed by atoms with Crippen molar-refractivity contribution < 1.29 is 50.7 Å². The molecule has 0 amide bonds. The first-order chi connectivity index (χ1) is 1.73. The first-order valence-corrected chi connectivity index (χ1v) is 0.732. The molecule has 0 radical (unpaired) electrons. The first kappa shape index (κ1) is 15.8. The molecule has 0 spiro atoms. The van der Waals surface area contributed by atoms with Gasteiger partial charge in [-0.3, -0.25) is 0 Å². The van der Waals surface area contributed by atoms with Gasteiger partial charge in [0.15, 0.2) is 0 Å². The van der Waals surface area contributed by atoms with Gasteiger partial charge in [-0.25, -0.2) is 0 Å². The fourth-order valence-electron chi connectivity index (χ4n) is 0. The van der Waals surface area contributed by atoms with E-state index in [4.69, 9.17) is 0 Å². The van der Waals surface area contributed by atoms with Gasteiger partial charge in [0.25, 0.3) is 6.08 Å². The van der Waals surface area contributed by atoms with Crippen molar-refractivity contribution in [3.8, 4) is 0 Å². The molecule has 0 bridgehead atoms. The van der Waals surface area contributed by atoms with Gasteiger partial charge < -0.3 is 12.4 Å². The van der Waals surface area contributed by atoms with Gasteiger partial charge in [-0.2, -0.15) is 8.78 Å².